The number of aromatic nitrogens is 3. The number of ether oxygens (including phenoxy) is 1. The summed E-state index contributed by atoms with van der Waals surface area (Å²) in [4.78, 5) is 38.8. The summed E-state index contributed by atoms with van der Waals surface area (Å²) in [5.74, 6) is 1.21. The van der Waals surface area contributed by atoms with Crippen LogP contribution in [0.3, 0.4) is 0 Å². The molecule has 0 radical (unpaired) electrons. The van der Waals surface area contributed by atoms with Crippen molar-refractivity contribution in [1.82, 2.24) is 24.2 Å². The second-order valence-corrected chi connectivity index (χ2v) is 11.1. The lowest BCUT2D eigenvalue weighted by atomic mass is 10.00. The molecule has 3 aromatic heterocycles. The van der Waals surface area contributed by atoms with Gasteiger partial charge in [0.05, 0.1) is 24.5 Å². The van der Waals surface area contributed by atoms with Crippen molar-refractivity contribution in [2.24, 2.45) is 5.92 Å². The summed E-state index contributed by atoms with van der Waals surface area (Å²) < 4.78 is 7.33. The Balaban J connectivity index is 1.23. The Bertz CT molecular complexity index is 1570. The van der Waals surface area contributed by atoms with Crippen molar-refractivity contribution < 1.29 is 14.3 Å². The number of hydrogen-bond donors (Lipinski definition) is 2. The first kappa shape index (κ1) is 27.7. The topological polar surface area (TPSA) is 104 Å². The summed E-state index contributed by atoms with van der Waals surface area (Å²) in [6.45, 7) is 8.00. The van der Waals surface area contributed by atoms with E-state index in [4.69, 9.17) is 4.74 Å². The molecule has 10 nitrogen and oxygen atoms in total. The molecule has 0 bridgehead atoms. The zero-order valence-corrected chi connectivity index (χ0v) is 24.2. The summed E-state index contributed by atoms with van der Waals surface area (Å²) in [6.07, 6.45) is 10.7. The third kappa shape index (κ3) is 6.08. The number of rotatable bonds is 9. The van der Waals surface area contributed by atoms with Crippen molar-refractivity contribution in [3.8, 4) is 11.1 Å². The maximum Gasteiger partial charge on any atom is 0.321 e. The van der Waals surface area contributed by atoms with Gasteiger partial charge in [-0.3, -0.25) is 4.79 Å². The van der Waals surface area contributed by atoms with Gasteiger partial charge in [-0.2, -0.15) is 0 Å². The molecular weight excluding hydrogens is 530 g/mol. The van der Waals surface area contributed by atoms with Crippen LogP contribution in [0.1, 0.15) is 42.1 Å². The smallest absolute Gasteiger partial charge is 0.321 e. The fraction of sp³-hybridized carbons (Fsp3) is 0.375. The molecule has 3 amide bonds. The maximum atomic E-state index is 13.2. The number of urea groups is 1. The van der Waals surface area contributed by atoms with E-state index in [1.54, 1.807) is 23.4 Å². The minimum atomic E-state index is -0.0435. The van der Waals surface area contributed by atoms with E-state index in [2.05, 4.69) is 33.6 Å². The SMILES string of the molecule is CCCN(CC1CC1)C(=O)Nc1cccc(-c2cc(Nc3ccc(C(=O)N4CCOCC4)cn3)c3nccn3c2)c1C. The van der Waals surface area contributed by atoms with Crippen molar-refractivity contribution in [2.45, 2.75) is 33.1 Å². The zero-order valence-electron chi connectivity index (χ0n) is 24.2. The van der Waals surface area contributed by atoms with Crippen molar-refractivity contribution in [1.29, 1.82) is 0 Å². The van der Waals surface area contributed by atoms with Gasteiger partial charge in [0.1, 0.15) is 5.82 Å². The van der Waals surface area contributed by atoms with Crippen molar-refractivity contribution in [3.63, 3.8) is 0 Å². The second kappa shape index (κ2) is 12.2. The number of hydrogen-bond acceptors (Lipinski definition) is 6. The quantitative estimate of drug-likeness (QED) is 0.274. The lowest BCUT2D eigenvalue weighted by Gasteiger charge is -2.26. The van der Waals surface area contributed by atoms with E-state index >= 15 is 0 Å². The minimum Gasteiger partial charge on any atom is -0.378 e. The molecule has 6 rings (SSSR count). The molecule has 2 fully saturated rings. The lowest BCUT2D eigenvalue weighted by molar-refractivity contribution is 0.0302. The van der Waals surface area contributed by atoms with E-state index in [1.807, 2.05) is 52.9 Å². The fourth-order valence-corrected chi connectivity index (χ4v) is 5.39. The molecule has 2 aliphatic rings. The first-order valence-corrected chi connectivity index (χ1v) is 14.7. The van der Waals surface area contributed by atoms with Gasteiger partial charge in [-0.25, -0.2) is 14.8 Å². The van der Waals surface area contributed by atoms with Gasteiger partial charge in [-0.05, 0) is 67.5 Å². The molecule has 1 saturated heterocycles. The van der Waals surface area contributed by atoms with Gasteiger partial charge < -0.3 is 29.6 Å². The second-order valence-electron chi connectivity index (χ2n) is 11.1. The van der Waals surface area contributed by atoms with Crippen LogP contribution in [0.15, 0.2) is 61.2 Å². The highest BCUT2D eigenvalue weighted by Crippen LogP contribution is 2.33. The average Bonchev–Trinajstić information content (AvgIpc) is 3.71. The van der Waals surface area contributed by atoms with E-state index in [0.29, 0.717) is 43.6 Å². The molecule has 1 aliphatic heterocycles. The standard InChI is InChI=1S/C32H37N7O3/c1-3-12-39(20-23-7-8-23)32(41)36-27-6-4-5-26(22(27)2)25-18-28(30-33-11-13-38(30)21-25)35-29-10-9-24(19-34-29)31(40)37-14-16-42-17-15-37/h4-6,9-11,13,18-19,21,23H,3,7-8,12,14-17,20H2,1-2H3,(H,34,35)(H,36,41). The van der Waals surface area contributed by atoms with E-state index < -0.39 is 0 Å². The van der Waals surface area contributed by atoms with Gasteiger partial charge in [0, 0.05) is 62.2 Å². The van der Waals surface area contributed by atoms with Crippen LogP contribution in [0.4, 0.5) is 22.0 Å². The summed E-state index contributed by atoms with van der Waals surface area (Å²) in [5, 5.41) is 6.56. The normalized spacial score (nSPS) is 15.0. The largest absolute Gasteiger partial charge is 0.378 e. The molecule has 1 aliphatic carbocycles. The molecule has 218 valence electrons. The number of carbonyl (C=O) groups excluding carboxylic acids is 2. The van der Waals surface area contributed by atoms with Gasteiger partial charge in [-0.15, -0.1) is 0 Å². The van der Waals surface area contributed by atoms with E-state index in [9.17, 15) is 9.59 Å². The van der Waals surface area contributed by atoms with Crippen LogP contribution in [0.25, 0.3) is 16.8 Å². The Hall–Kier alpha value is -4.44. The highest BCUT2D eigenvalue weighted by Gasteiger charge is 2.27. The molecule has 1 saturated carbocycles. The van der Waals surface area contributed by atoms with Crippen LogP contribution in [0, 0.1) is 12.8 Å². The monoisotopic (exact) mass is 567 g/mol. The zero-order chi connectivity index (χ0) is 29.1. The maximum absolute atomic E-state index is 13.2. The number of benzene rings is 1. The van der Waals surface area contributed by atoms with Crippen LogP contribution in [0.2, 0.25) is 0 Å². The van der Waals surface area contributed by atoms with E-state index in [1.165, 1.54) is 12.8 Å². The Morgan fingerprint density at radius 2 is 1.93 bits per heavy atom. The number of imidazole rings is 1. The summed E-state index contributed by atoms with van der Waals surface area (Å²) >= 11 is 0. The molecule has 10 heteroatoms. The number of carbonyl (C=O) groups is 2. The van der Waals surface area contributed by atoms with E-state index in [0.717, 1.165) is 53.2 Å². The van der Waals surface area contributed by atoms with Gasteiger partial charge in [0.2, 0.25) is 0 Å². The Labute approximate surface area is 245 Å². The first-order chi connectivity index (χ1) is 20.5. The van der Waals surface area contributed by atoms with Crippen LogP contribution in [0.5, 0.6) is 0 Å². The van der Waals surface area contributed by atoms with Crippen molar-refractivity contribution in [2.75, 3.05) is 50.0 Å². The van der Waals surface area contributed by atoms with Crippen LogP contribution in [-0.2, 0) is 4.74 Å². The molecule has 0 spiro atoms. The van der Waals surface area contributed by atoms with Gasteiger partial charge in [0.15, 0.2) is 5.65 Å². The highest BCUT2D eigenvalue weighted by atomic mass is 16.5. The number of anilines is 3. The number of morpholine rings is 1. The fourth-order valence-electron chi connectivity index (χ4n) is 5.39. The third-order valence-corrected chi connectivity index (χ3v) is 7.90. The van der Waals surface area contributed by atoms with E-state index in [-0.39, 0.29) is 11.9 Å². The lowest BCUT2D eigenvalue weighted by Crippen LogP contribution is -2.40. The average molecular weight is 568 g/mol. The van der Waals surface area contributed by atoms with Crippen LogP contribution in [-0.4, -0.2) is 75.5 Å². The number of pyridine rings is 2. The molecular formula is C32H37N7O3. The van der Waals surface area contributed by atoms with Crippen molar-refractivity contribution >= 4 is 34.8 Å². The summed E-state index contributed by atoms with van der Waals surface area (Å²) in [6, 6.07) is 11.6. The number of amides is 3. The Morgan fingerprint density at radius 3 is 2.67 bits per heavy atom. The van der Waals surface area contributed by atoms with Gasteiger partial charge in [-0.1, -0.05) is 19.1 Å². The number of nitrogens with one attached hydrogen (secondary N) is 2. The number of nitrogens with zero attached hydrogens (tertiary/aromatic N) is 5. The summed E-state index contributed by atoms with van der Waals surface area (Å²) in [5.41, 5.74) is 5.86. The highest BCUT2D eigenvalue weighted by molar-refractivity contribution is 5.94. The number of fused-ring (bicyclic) bond motifs is 1. The minimum absolute atomic E-state index is 0.0391. The molecule has 4 heterocycles. The van der Waals surface area contributed by atoms with Gasteiger partial charge in [0.25, 0.3) is 5.91 Å². The Morgan fingerprint density at radius 1 is 1.10 bits per heavy atom. The molecule has 1 aromatic carbocycles. The molecule has 0 unspecified atom stereocenters. The predicted octanol–water partition coefficient (Wildman–Crippen LogP) is 5.57. The predicted molar refractivity (Wildman–Crippen MR) is 163 cm³/mol. The summed E-state index contributed by atoms with van der Waals surface area (Å²) in [7, 11) is 0. The molecule has 4 aromatic rings. The van der Waals surface area contributed by atoms with Crippen LogP contribution >= 0.6 is 0 Å². The first-order valence-electron chi connectivity index (χ1n) is 14.7. The molecule has 2 N–H and O–H groups in total. The van der Waals surface area contributed by atoms with Crippen molar-refractivity contribution in [3.05, 3.63) is 72.3 Å². The van der Waals surface area contributed by atoms with Gasteiger partial charge >= 0.3 is 6.03 Å². The Kier molecular flexibility index (Phi) is 8.05. The van der Waals surface area contributed by atoms with Crippen LogP contribution < -0.4 is 10.6 Å². The molecule has 0 atom stereocenters. The third-order valence-electron chi connectivity index (χ3n) is 7.90. The molecule has 42 heavy (non-hydrogen) atoms.